The van der Waals surface area contributed by atoms with Gasteiger partial charge in [-0.25, -0.2) is 0 Å². The molecule has 1 aliphatic heterocycles. The third-order valence-corrected chi connectivity index (χ3v) is 5.21. The van der Waals surface area contributed by atoms with Gasteiger partial charge in [0.05, 0.1) is 0 Å². The lowest BCUT2D eigenvalue weighted by Crippen LogP contribution is -2.39. The van der Waals surface area contributed by atoms with E-state index in [-0.39, 0.29) is 11.9 Å². The smallest absolute Gasteiger partial charge is 0.272 e. The fraction of sp³-hybridized carbons (Fsp3) is 0.389. The second-order valence-electron chi connectivity index (χ2n) is 5.89. The Kier molecular flexibility index (Phi) is 7.11. The Morgan fingerprint density at radius 2 is 1.92 bits per heavy atom. The van der Waals surface area contributed by atoms with E-state index in [0.717, 1.165) is 30.2 Å². The van der Waals surface area contributed by atoms with Crippen LogP contribution in [0.4, 0.5) is 5.82 Å². The van der Waals surface area contributed by atoms with Crippen LogP contribution in [0.2, 0.25) is 5.02 Å². The van der Waals surface area contributed by atoms with Crippen molar-refractivity contribution in [3.8, 4) is 0 Å². The molecule has 2 N–H and O–H groups in total. The predicted octanol–water partition coefficient (Wildman–Crippen LogP) is 3.24. The van der Waals surface area contributed by atoms with E-state index in [9.17, 15) is 4.79 Å². The summed E-state index contributed by atoms with van der Waals surface area (Å²) < 4.78 is 5.29. The number of anilines is 1. The van der Waals surface area contributed by atoms with Crippen LogP contribution < -0.4 is 10.6 Å². The average molecular weight is 393 g/mol. The van der Waals surface area contributed by atoms with Gasteiger partial charge in [0.1, 0.15) is 5.82 Å². The lowest BCUT2D eigenvalue weighted by Gasteiger charge is -2.22. The second kappa shape index (κ2) is 9.75. The summed E-state index contributed by atoms with van der Waals surface area (Å²) in [6.07, 6.45) is 1.67. The quantitative estimate of drug-likeness (QED) is 0.556. The summed E-state index contributed by atoms with van der Waals surface area (Å²) in [5, 5.41) is 15.0. The van der Waals surface area contributed by atoms with Crippen molar-refractivity contribution in [1.29, 1.82) is 0 Å². The fourth-order valence-electron chi connectivity index (χ4n) is 2.53. The maximum absolute atomic E-state index is 12.2. The van der Waals surface area contributed by atoms with Gasteiger partial charge in [0, 0.05) is 41.5 Å². The Hall–Kier alpha value is -1.83. The summed E-state index contributed by atoms with van der Waals surface area (Å²) in [4.78, 5) is 13.3. The molecule has 0 radical (unpaired) electrons. The zero-order valence-electron chi connectivity index (χ0n) is 14.3. The number of ether oxygens (including phenoxy) is 1. The Bertz CT molecular complexity index is 706. The largest absolute Gasteiger partial charge is 0.381 e. The van der Waals surface area contributed by atoms with Gasteiger partial charge < -0.3 is 15.4 Å². The molecule has 0 aliphatic carbocycles. The first kappa shape index (κ1) is 18.9. The molecule has 0 spiro atoms. The van der Waals surface area contributed by atoms with Crippen LogP contribution in [0.25, 0.3) is 0 Å². The number of thioether (sulfide) groups is 1. The molecule has 0 saturated carbocycles. The molecule has 0 atom stereocenters. The van der Waals surface area contributed by atoms with E-state index in [0.29, 0.717) is 24.7 Å². The van der Waals surface area contributed by atoms with Crippen LogP contribution in [0.15, 0.2) is 41.3 Å². The third kappa shape index (κ3) is 5.86. The number of hydrogen-bond acceptors (Lipinski definition) is 6. The number of benzene rings is 1. The molecular formula is C18H21ClN4O2S. The standard InChI is InChI=1S/C18H21ClN4O2S/c19-13-1-3-15(4-2-13)26-12-9-20-17-6-5-16(22-23-17)18(24)21-14-7-10-25-11-8-14/h1-6,14H,7-12H2,(H,20,23)(H,21,24). The Morgan fingerprint density at radius 1 is 1.15 bits per heavy atom. The summed E-state index contributed by atoms with van der Waals surface area (Å²) in [6.45, 7) is 2.12. The van der Waals surface area contributed by atoms with Crippen molar-refractivity contribution in [2.75, 3.05) is 30.8 Å². The lowest BCUT2D eigenvalue weighted by molar-refractivity contribution is 0.0693. The molecule has 3 rings (SSSR count). The van der Waals surface area contributed by atoms with E-state index in [1.807, 2.05) is 24.3 Å². The highest BCUT2D eigenvalue weighted by Crippen LogP contribution is 2.20. The number of nitrogens with one attached hydrogen (secondary N) is 2. The molecule has 6 nitrogen and oxygen atoms in total. The van der Waals surface area contributed by atoms with E-state index in [1.54, 1.807) is 23.9 Å². The molecule has 0 bridgehead atoms. The topological polar surface area (TPSA) is 76.1 Å². The second-order valence-corrected chi connectivity index (χ2v) is 7.50. The van der Waals surface area contributed by atoms with E-state index >= 15 is 0 Å². The third-order valence-electron chi connectivity index (χ3n) is 3.94. The molecule has 1 amide bonds. The van der Waals surface area contributed by atoms with Gasteiger partial charge in [-0.05, 0) is 49.2 Å². The predicted molar refractivity (Wildman–Crippen MR) is 104 cm³/mol. The monoisotopic (exact) mass is 392 g/mol. The Morgan fingerprint density at radius 3 is 2.62 bits per heavy atom. The van der Waals surface area contributed by atoms with Gasteiger partial charge in [0.25, 0.3) is 5.91 Å². The number of rotatable bonds is 7. The molecule has 26 heavy (non-hydrogen) atoms. The van der Waals surface area contributed by atoms with Crippen molar-refractivity contribution in [2.45, 2.75) is 23.8 Å². The minimum absolute atomic E-state index is 0.153. The highest BCUT2D eigenvalue weighted by molar-refractivity contribution is 7.99. The molecule has 1 aromatic heterocycles. The first-order valence-corrected chi connectivity index (χ1v) is 9.91. The zero-order valence-corrected chi connectivity index (χ0v) is 15.9. The number of nitrogens with zero attached hydrogens (tertiary/aromatic N) is 2. The highest BCUT2D eigenvalue weighted by atomic mass is 35.5. The van der Waals surface area contributed by atoms with Gasteiger partial charge in [-0.1, -0.05) is 11.6 Å². The van der Waals surface area contributed by atoms with Gasteiger partial charge in [-0.2, -0.15) is 0 Å². The SMILES string of the molecule is O=C(NC1CCOCC1)c1ccc(NCCSc2ccc(Cl)cc2)nn1. The normalized spacial score (nSPS) is 14.8. The van der Waals surface area contributed by atoms with Gasteiger partial charge in [0.15, 0.2) is 5.69 Å². The number of hydrogen-bond donors (Lipinski definition) is 2. The number of carbonyl (C=O) groups excluding carboxylic acids is 1. The number of amides is 1. The molecule has 1 aliphatic rings. The molecule has 1 saturated heterocycles. The van der Waals surface area contributed by atoms with Crippen LogP contribution >= 0.6 is 23.4 Å². The Balaban J connectivity index is 1.40. The minimum atomic E-state index is -0.186. The van der Waals surface area contributed by atoms with Crippen molar-refractivity contribution in [3.63, 3.8) is 0 Å². The van der Waals surface area contributed by atoms with Crippen molar-refractivity contribution in [2.24, 2.45) is 0 Å². The summed E-state index contributed by atoms with van der Waals surface area (Å²) in [5.41, 5.74) is 0.331. The lowest BCUT2D eigenvalue weighted by atomic mass is 10.1. The van der Waals surface area contributed by atoms with E-state index in [4.69, 9.17) is 16.3 Å². The van der Waals surface area contributed by atoms with Crippen LogP contribution in [-0.4, -0.2) is 47.7 Å². The summed E-state index contributed by atoms with van der Waals surface area (Å²) in [6, 6.07) is 11.4. The fourth-order valence-corrected chi connectivity index (χ4v) is 3.42. The zero-order chi connectivity index (χ0) is 18.2. The van der Waals surface area contributed by atoms with E-state index in [1.165, 1.54) is 4.90 Å². The van der Waals surface area contributed by atoms with Gasteiger partial charge in [0.2, 0.25) is 0 Å². The molecule has 138 valence electrons. The van der Waals surface area contributed by atoms with Crippen LogP contribution in [0.5, 0.6) is 0 Å². The number of carbonyl (C=O) groups is 1. The van der Waals surface area contributed by atoms with Crippen molar-refractivity contribution in [3.05, 3.63) is 47.1 Å². The van der Waals surface area contributed by atoms with Crippen molar-refractivity contribution < 1.29 is 9.53 Å². The minimum Gasteiger partial charge on any atom is -0.381 e. The van der Waals surface area contributed by atoms with Crippen molar-refractivity contribution >= 4 is 35.1 Å². The molecule has 8 heteroatoms. The Labute approximate surface area is 162 Å². The first-order chi connectivity index (χ1) is 12.7. The van der Waals surface area contributed by atoms with E-state index in [2.05, 4.69) is 20.8 Å². The maximum atomic E-state index is 12.2. The molecule has 2 heterocycles. The summed E-state index contributed by atoms with van der Waals surface area (Å²) in [7, 11) is 0. The maximum Gasteiger partial charge on any atom is 0.272 e. The molecule has 2 aromatic rings. The van der Waals surface area contributed by atoms with Gasteiger partial charge in [-0.3, -0.25) is 4.79 Å². The van der Waals surface area contributed by atoms with Crippen LogP contribution in [0.3, 0.4) is 0 Å². The molecule has 0 unspecified atom stereocenters. The highest BCUT2D eigenvalue weighted by Gasteiger charge is 2.17. The molecule has 1 aromatic carbocycles. The van der Waals surface area contributed by atoms with Crippen molar-refractivity contribution in [1.82, 2.24) is 15.5 Å². The van der Waals surface area contributed by atoms with Crippen LogP contribution in [0, 0.1) is 0 Å². The first-order valence-electron chi connectivity index (χ1n) is 8.55. The average Bonchev–Trinajstić information content (AvgIpc) is 2.68. The summed E-state index contributed by atoms with van der Waals surface area (Å²) >= 11 is 7.60. The molecular weight excluding hydrogens is 372 g/mol. The van der Waals surface area contributed by atoms with Crippen LogP contribution in [0.1, 0.15) is 23.3 Å². The van der Waals surface area contributed by atoms with E-state index < -0.39 is 0 Å². The summed E-state index contributed by atoms with van der Waals surface area (Å²) in [5.74, 6) is 1.36. The number of halogens is 1. The van der Waals surface area contributed by atoms with Crippen LogP contribution in [-0.2, 0) is 4.74 Å². The molecule has 1 fully saturated rings. The van der Waals surface area contributed by atoms with Gasteiger partial charge in [-0.15, -0.1) is 22.0 Å². The van der Waals surface area contributed by atoms with Gasteiger partial charge >= 0.3 is 0 Å². The number of aromatic nitrogens is 2.